The van der Waals surface area contributed by atoms with Crippen LogP contribution in [0.4, 0.5) is 0 Å². The molecule has 0 aromatic carbocycles. The minimum Gasteiger partial charge on any atom is -0.461 e. The Morgan fingerprint density at radius 1 is 1.31 bits per heavy atom. The zero-order valence-corrected chi connectivity index (χ0v) is 24.0. The van der Waals surface area contributed by atoms with E-state index in [0.29, 0.717) is 19.5 Å². The molecule has 1 N–H and O–H groups in total. The fraction of sp³-hybridized carbons (Fsp3) is 0.741. The smallest absolute Gasteiger partial charge is 0.311 e. The number of ether oxygens (including phenoxy) is 1. The first-order chi connectivity index (χ1) is 17.3. The number of esters is 1. The highest BCUT2D eigenvalue weighted by atomic mass is 79.9. The number of aliphatic hydroxyl groups is 1. The molecule has 3 heterocycles. The van der Waals surface area contributed by atoms with Gasteiger partial charge < -0.3 is 19.6 Å². The van der Waals surface area contributed by atoms with Gasteiger partial charge in [0.25, 0.3) is 0 Å². The fourth-order valence-corrected chi connectivity index (χ4v) is 9.86. The van der Waals surface area contributed by atoms with Crippen LogP contribution in [0.1, 0.15) is 58.8 Å². The van der Waals surface area contributed by atoms with Crippen LogP contribution in [-0.4, -0.2) is 85.9 Å². The third kappa shape index (κ3) is 5.44. The second kappa shape index (κ2) is 13.0. The number of amides is 2. The highest BCUT2D eigenvalue weighted by Crippen LogP contribution is 2.68. The Kier molecular flexibility index (Phi) is 10.5. The number of fused-ring (bicyclic) bond motifs is 1. The Labute approximate surface area is 228 Å². The maximum Gasteiger partial charge on any atom is 0.311 e. The third-order valence-electron chi connectivity index (χ3n) is 7.79. The lowest BCUT2D eigenvalue weighted by atomic mass is 9.71. The topological polar surface area (TPSA) is 87.1 Å². The van der Waals surface area contributed by atoms with Crippen molar-refractivity contribution in [3.8, 4) is 0 Å². The van der Waals surface area contributed by atoms with E-state index in [-0.39, 0.29) is 47.1 Å². The largest absolute Gasteiger partial charge is 0.461 e. The molecule has 9 heteroatoms. The minimum atomic E-state index is -0.665. The summed E-state index contributed by atoms with van der Waals surface area (Å²) in [6.45, 7) is 12.8. The maximum absolute atomic E-state index is 14.3. The first-order valence-electron chi connectivity index (χ1n) is 13.2. The minimum absolute atomic E-state index is 0.0218. The molecular weight excluding hydrogens is 544 g/mol. The Balaban J connectivity index is 1.98. The van der Waals surface area contributed by atoms with E-state index >= 15 is 0 Å². The van der Waals surface area contributed by atoms with Crippen molar-refractivity contribution in [2.24, 2.45) is 11.8 Å². The molecule has 36 heavy (non-hydrogen) atoms. The van der Waals surface area contributed by atoms with Crippen molar-refractivity contribution < 1.29 is 24.2 Å². The first-order valence-corrected chi connectivity index (χ1v) is 15.0. The van der Waals surface area contributed by atoms with Gasteiger partial charge in [-0.05, 0) is 32.6 Å². The summed E-state index contributed by atoms with van der Waals surface area (Å²) >= 11 is 5.42. The summed E-state index contributed by atoms with van der Waals surface area (Å²) in [6, 6.07) is -0.603. The van der Waals surface area contributed by atoms with Crippen LogP contribution in [0.3, 0.4) is 0 Å². The Hall–Kier alpha value is -1.32. The fourth-order valence-electron chi connectivity index (χ4n) is 6.26. The van der Waals surface area contributed by atoms with E-state index in [1.54, 1.807) is 22.7 Å². The van der Waals surface area contributed by atoms with E-state index in [2.05, 4.69) is 42.9 Å². The molecule has 0 aromatic rings. The van der Waals surface area contributed by atoms with Gasteiger partial charge in [-0.2, -0.15) is 0 Å². The van der Waals surface area contributed by atoms with Gasteiger partial charge in [0.1, 0.15) is 12.6 Å². The van der Waals surface area contributed by atoms with Crippen molar-refractivity contribution in [2.45, 2.75) is 85.7 Å². The van der Waals surface area contributed by atoms with Crippen molar-refractivity contribution in [3.63, 3.8) is 0 Å². The monoisotopic (exact) mass is 584 g/mol. The van der Waals surface area contributed by atoms with Gasteiger partial charge in [0, 0.05) is 35.8 Å². The van der Waals surface area contributed by atoms with Crippen molar-refractivity contribution in [3.05, 3.63) is 25.3 Å². The second-order valence-corrected chi connectivity index (χ2v) is 12.9. The number of aliphatic hydroxyl groups excluding tert-OH is 1. The number of carbonyl (C=O) groups excluding carboxylic acids is 3. The molecule has 3 aliphatic heterocycles. The summed E-state index contributed by atoms with van der Waals surface area (Å²) in [7, 11) is 0. The zero-order valence-electron chi connectivity index (χ0n) is 21.6. The van der Waals surface area contributed by atoms with E-state index in [1.165, 1.54) is 6.08 Å². The molecule has 0 aliphatic carbocycles. The van der Waals surface area contributed by atoms with Crippen molar-refractivity contribution in [2.75, 3.05) is 26.3 Å². The van der Waals surface area contributed by atoms with Crippen LogP contribution in [0.15, 0.2) is 25.3 Å². The van der Waals surface area contributed by atoms with Crippen LogP contribution in [0, 0.1) is 11.8 Å². The van der Waals surface area contributed by atoms with E-state index in [4.69, 9.17) is 9.84 Å². The van der Waals surface area contributed by atoms with Gasteiger partial charge in [-0.1, -0.05) is 60.8 Å². The Bertz CT molecular complexity index is 841. The summed E-state index contributed by atoms with van der Waals surface area (Å²) in [5, 5.41) is 9.00. The Morgan fingerprint density at radius 2 is 2.03 bits per heavy atom. The molecule has 2 bridgehead atoms. The molecule has 4 unspecified atom stereocenters. The maximum atomic E-state index is 14.3. The predicted molar refractivity (Wildman–Crippen MR) is 147 cm³/mol. The molecule has 7 nitrogen and oxygen atoms in total. The standard InChI is InChI=1S/C27H41BrN2O5S/c1-5-12-18(4)29(13-6-2)25(33)23-27-17-19(28)22(36-27)20(26(34)35-16-7-3)21(27)24(32)30(23)14-10-8-9-11-15-31/h6-7,18-23,31H,2-3,5,8-17H2,1,4H3/t18?,19?,20-,21-,22-,23?,27?/m0/s1. The average Bonchev–Trinajstić information content (AvgIpc) is 3.44. The summed E-state index contributed by atoms with van der Waals surface area (Å²) < 4.78 is 4.78. The van der Waals surface area contributed by atoms with Gasteiger partial charge in [-0.25, -0.2) is 0 Å². The third-order valence-corrected chi connectivity index (χ3v) is 11.0. The lowest BCUT2D eigenvalue weighted by Gasteiger charge is -2.39. The molecule has 3 saturated heterocycles. The summed E-state index contributed by atoms with van der Waals surface area (Å²) in [4.78, 5) is 45.1. The van der Waals surface area contributed by atoms with Crippen molar-refractivity contribution in [1.82, 2.24) is 9.80 Å². The molecule has 3 fully saturated rings. The second-order valence-electron chi connectivity index (χ2n) is 10.2. The number of rotatable bonds is 15. The molecule has 2 amide bonds. The molecule has 202 valence electrons. The van der Waals surface area contributed by atoms with Crippen molar-refractivity contribution >= 4 is 45.5 Å². The molecule has 0 radical (unpaired) electrons. The van der Waals surface area contributed by atoms with E-state index in [9.17, 15) is 14.4 Å². The van der Waals surface area contributed by atoms with Crippen LogP contribution in [0.25, 0.3) is 0 Å². The number of nitrogens with zero attached hydrogens (tertiary/aromatic N) is 2. The van der Waals surface area contributed by atoms with Gasteiger partial charge in [0.05, 0.1) is 16.6 Å². The molecule has 0 saturated carbocycles. The molecule has 7 atom stereocenters. The average molecular weight is 586 g/mol. The number of unbranched alkanes of at least 4 members (excludes halogenated alkanes) is 3. The molecular formula is C27H41BrN2O5S. The number of thioether (sulfide) groups is 1. The van der Waals surface area contributed by atoms with E-state index in [1.807, 2.05) is 4.90 Å². The number of hydrogen-bond donors (Lipinski definition) is 1. The number of alkyl halides is 1. The lowest BCUT2D eigenvalue weighted by molar-refractivity contribution is -0.153. The van der Waals surface area contributed by atoms with Crippen LogP contribution in [0.5, 0.6) is 0 Å². The van der Waals surface area contributed by atoms with Crippen LogP contribution < -0.4 is 0 Å². The van der Waals surface area contributed by atoms with Crippen LogP contribution in [-0.2, 0) is 19.1 Å². The van der Waals surface area contributed by atoms with E-state index < -0.39 is 22.6 Å². The van der Waals surface area contributed by atoms with Gasteiger partial charge in [0.2, 0.25) is 11.8 Å². The SMILES string of the molecule is C=CCOC(=O)[C@H]1[C@H]2C(=O)N(CCCCCCO)C(C(=O)N(CC=C)C(C)CCC)C23CC(Br)[C@@H]1S3. The summed E-state index contributed by atoms with van der Waals surface area (Å²) in [6.07, 6.45) is 8.97. The van der Waals surface area contributed by atoms with Gasteiger partial charge >= 0.3 is 5.97 Å². The Morgan fingerprint density at radius 3 is 2.67 bits per heavy atom. The molecule has 3 aliphatic rings. The highest BCUT2D eigenvalue weighted by molar-refractivity contribution is 9.09. The molecule has 1 spiro atoms. The summed E-state index contributed by atoms with van der Waals surface area (Å²) in [5.74, 6) is -1.69. The van der Waals surface area contributed by atoms with Crippen molar-refractivity contribution in [1.29, 1.82) is 0 Å². The predicted octanol–water partition coefficient (Wildman–Crippen LogP) is 3.94. The summed E-state index contributed by atoms with van der Waals surface area (Å²) in [5.41, 5.74) is 0. The van der Waals surface area contributed by atoms with Gasteiger partial charge in [-0.15, -0.1) is 18.3 Å². The van der Waals surface area contributed by atoms with Crippen LogP contribution in [0.2, 0.25) is 0 Å². The van der Waals surface area contributed by atoms with Gasteiger partial charge in [-0.3, -0.25) is 14.4 Å². The molecule has 3 rings (SSSR count). The molecule has 0 aromatic heterocycles. The lowest BCUT2D eigenvalue weighted by Crippen LogP contribution is -2.57. The normalized spacial score (nSPS) is 31.3. The van der Waals surface area contributed by atoms with Crippen LogP contribution >= 0.6 is 27.7 Å². The highest BCUT2D eigenvalue weighted by Gasteiger charge is 2.76. The number of carbonyl (C=O) groups is 3. The first kappa shape index (κ1) is 29.2. The van der Waals surface area contributed by atoms with Gasteiger partial charge in [0.15, 0.2) is 0 Å². The number of halogens is 1. The zero-order chi connectivity index (χ0) is 26.5. The van der Waals surface area contributed by atoms with E-state index in [0.717, 1.165) is 38.5 Å². The number of hydrogen-bond acceptors (Lipinski definition) is 6. The number of likely N-dealkylation sites (tertiary alicyclic amines) is 1. The quantitative estimate of drug-likeness (QED) is 0.136.